The molecule has 2 aromatic rings. The molecule has 116 valence electrons. The van der Waals surface area contributed by atoms with E-state index >= 15 is 0 Å². The first-order valence-corrected chi connectivity index (χ1v) is 7.44. The summed E-state index contributed by atoms with van der Waals surface area (Å²) in [5.41, 5.74) is 1.48. The Bertz CT molecular complexity index is 713. The second-order valence-corrected chi connectivity index (χ2v) is 4.91. The first kappa shape index (κ1) is 16.3. The van der Waals surface area contributed by atoms with Crippen LogP contribution < -0.4 is 10.1 Å². The Balaban J connectivity index is 2.09. The number of para-hydroxylation sites is 1. The van der Waals surface area contributed by atoms with Gasteiger partial charge in [-0.2, -0.15) is 5.26 Å². The van der Waals surface area contributed by atoms with Crippen LogP contribution in [-0.2, 0) is 4.79 Å². The van der Waals surface area contributed by atoms with Gasteiger partial charge in [0.1, 0.15) is 17.4 Å². The summed E-state index contributed by atoms with van der Waals surface area (Å²) in [7, 11) is 0. The van der Waals surface area contributed by atoms with Gasteiger partial charge in [-0.05, 0) is 42.3 Å². The highest BCUT2D eigenvalue weighted by atomic mass is 16.5. The number of nitrogens with one attached hydrogen (secondary N) is 1. The van der Waals surface area contributed by atoms with Gasteiger partial charge in [0.05, 0.1) is 6.61 Å². The molecule has 0 aliphatic heterocycles. The molecule has 0 radical (unpaired) electrons. The third-order valence-electron chi connectivity index (χ3n) is 3.06. The molecule has 1 amide bonds. The molecule has 0 unspecified atom stereocenters. The van der Waals surface area contributed by atoms with E-state index in [0.717, 1.165) is 17.7 Å². The summed E-state index contributed by atoms with van der Waals surface area (Å²) in [6.07, 6.45) is 2.50. The second-order valence-electron chi connectivity index (χ2n) is 4.91. The number of hydrogen-bond acceptors (Lipinski definition) is 3. The molecular weight excluding hydrogens is 288 g/mol. The summed E-state index contributed by atoms with van der Waals surface area (Å²) in [6.45, 7) is 2.71. The van der Waals surface area contributed by atoms with Crippen LogP contribution in [0, 0.1) is 11.3 Å². The van der Waals surface area contributed by atoms with Gasteiger partial charge < -0.3 is 10.1 Å². The number of anilines is 1. The normalized spacial score (nSPS) is 10.7. The van der Waals surface area contributed by atoms with Gasteiger partial charge in [-0.1, -0.05) is 37.3 Å². The van der Waals surface area contributed by atoms with Crippen LogP contribution in [-0.4, -0.2) is 12.5 Å². The van der Waals surface area contributed by atoms with E-state index in [1.165, 1.54) is 0 Å². The largest absolute Gasteiger partial charge is 0.494 e. The van der Waals surface area contributed by atoms with Crippen molar-refractivity contribution >= 4 is 17.7 Å². The van der Waals surface area contributed by atoms with Crippen molar-refractivity contribution in [1.29, 1.82) is 5.26 Å². The number of benzene rings is 2. The highest BCUT2D eigenvalue weighted by molar-refractivity contribution is 6.09. The molecule has 0 saturated heterocycles. The summed E-state index contributed by atoms with van der Waals surface area (Å²) in [5.74, 6) is 0.348. The molecular formula is C19H18N2O2. The number of nitrogens with zero attached hydrogens (tertiary/aromatic N) is 1. The molecule has 0 fully saturated rings. The molecule has 0 aromatic heterocycles. The first-order chi connectivity index (χ1) is 11.2. The van der Waals surface area contributed by atoms with Crippen molar-refractivity contribution < 1.29 is 9.53 Å². The Morgan fingerprint density at radius 1 is 1.17 bits per heavy atom. The van der Waals surface area contributed by atoms with Gasteiger partial charge in [0, 0.05) is 5.69 Å². The minimum atomic E-state index is -0.426. The van der Waals surface area contributed by atoms with Gasteiger partial charge in [-0.3, -0.25) is 4.79 Å². The van der Waals surface area contributed by atoms with Gasteiger partial charge in [0.2, 0.25) is 0 Å². The zero-order chi connectivity index (χ0) is 16.5. The number of hydrogen-bond donors (Lipinski definition) is 1. The molecule has 23 heavy (non-hydrogen) atoms. The van der Waals surface area contributed by atoms with Crippen molar-refractivity contribution in [3.63, 3.8) is 0 Å². The molecule has 2 rings (SSSR count). The lowest BCUT2D eigenvalue weighted by atomic mass is 10.1. The van der Waals surface area contributed by atoms with Gasteiger partial charge >= 0.3 is 0 Å². The molecule has 0 bridgehead atoms. The number of nitriles is 1. The van der Waals surface area contributed by atoms with Crippen LogP contribution in [0.25, 0.3) is 6.08 Å². The highest BCUT2D eigenvalue weighted by Crippen LogP contribution is 2.15. The summed E-state index contributed by atoms with van der Waals surface area (Å²) < 4.78 is 5.50. The monoisotopic (exact) mass is 306 g/mol. The fourth-order valence-corrected chi connectivity index (χ4v) is 1.92. The topological polar surface area (TPSA) is 62.1 Å². The average Bonchev–Trinajstić information content (AvgIpc) is 2.59. The second kappa shape index (κ2) is 8.40. The number of amides is 1. The molecule has 0 spiro atoms. The van der Waals surface area contributed by atoms with E-state index in [9.17, 15) is 10.1 Å². The zero-order valence-electron chi connectivity index (χ0n) is 13.0. The third kappa shape index (κ3) is 5.01. The van der Waals surface area contributed by atoms with Crippen LogP contribution in [0.4, 0.5) is 5.69 Å². The van der Waals surface area contributed by atoms with Crippen LogP contribution in [0.15, 0.2) is 60.2 Å². The number of carbonyl (C=O) groups excluding carboxylic acids is 1. The minimum Gasteiger partial charge on any atom is -0.494 e. The molecule has 1 N–H and O–H groups in total. The van der Waals surface area contributed by atoms with Crippen molar-refractivity contribution in [3.05, 3.63) is 65.7 Å². The van der Waals surface area contributed by atoms with Crippen LogP contribution >= 0.6 is 0 Å². The summed E-state index contributed by atoms with van der Waals surface area (Å²) in [4.78, 5) is 12.1. The van der Waals surface area contributed by atoms with E-state index in [-0.39, 0.29) is 5.57 Å². The number of rotatable bonds is 6. The fraction of sp³-hybridized carbons (Fsp3) is 0.158. The van der Waals surface area contributed by atoms with E-state index < -0.39 is 5.91 Å². The molecule has 0 aliphatic rings. The van der Waals surface area contributed by atoms with Crippen molar-refractivity contribution in [1.82, 2.24) is 0 Å². The van der Waals surface area contributed by atoms with Gasteiger partial charge in [0.25, 0.3) is 5.91 Å². The smallest absolute Gasteiger partial charge is 0.266 e. The lowest BCUT2D eigenvalue weighted by Crippen LogP contribution is -2.13. The molecule has 0 aliphatic carbocycles. The molecule has 4 nitrogen and oxygen atoms in total. The quantitative estimate of drug-likeness (QED) is 0.647. The molecule has 0 saturated carbocycles. The first-order valence-electron chi connectivity index (χ1n) is 7.44. The van der Waals surface area contributed by atoms with Crippen molar-refractivity contribution in [3.8, 4) is 11.8 Å². The lowest BCUT2D eigenvalue weighted by molar-refractivity contribution is -0.112. The average molecular weight is 306 g/mol. The third-order valence-corrected chi connectivity index (χ3v) is 3.06. The van der Waals surface area contributed by atoms with E-state index in [4.69, 9.17) is 4.74 Å². The van der Waals surface area contributed by atoms with Crippen LogP contribution in [0.1, 0.15) is 18.9 Å². The van der Waals surface area contributed by atoms with E-state index in [2.05, 4.69) is 5.32 Å². The SMILES string of the molecule is CCCOc1ccc(/C=C(\C#N)C(=O)Nc2ccccc2)cc1. The Morgan fingerprint density at radius 3 is 2.48 bits per heavy atom. The maximum Gasteiger partial charge on any atom is 0.266 e. The number of ether oxygens (including phenoxy) is 1. The van der Waals surface area contributed by atoms with Crippen molar-refractivity contribution in [2.24, 2.45) is 0 Å². The van der Waals surface area contributed by atoms with E-state index in [0.29, 0.717) is 12.3 Å². The zero-order valence-corrected chi connectivity index (χ0v) is 13.0. The number of carbonyl (C=O) groups is 1. The Kier molecular flexibility index (Phi) is 5.96. The van der Waals surface area contributed by atoms with Gasteiger partial charge in [-0.15, -0.1) is 0 Å². The molecule has 0 heterocycles. The van der Waals surface area contributed by atoms with Gasteiger partial charge in [-0.25, -0.2) is 0 Å². The predicted molar refractivity (Wildman–Crippen MR) is 90.9 cm³/mol. The summed E-state index contributed by atoms with van der Waals surface area (Å²) >= 11 is 0. The predicted octanol–water partition coefficient (Wildman–Crippen LogP) is 4.02. The minimum absolute atomic E-state index is 0.0519. The molecule has 2 aromatic carbocycles. The molecule has 0 atom stereocenters. The maximum atomic E-state index is 12.1. The maximum absolute atomic E-state index is 12.1. The van der Waals surface area contributed by atoms with E-state index in [1.54, 1.807) is 18.2 Å². The van der Waals surface area contributed by atoms with Crippen molar-refractivity contribution in [2.45, 2.75) is 13.3 Å². The van der Waals surface area contributed by atoms with E-state index in [1.807, 2.05) is 55.5 Å². The van der Waals surface area contributed by atoms with Gasteiger partial charge in [0.15, 0.2) is 0 Å². The summed E-state index contributed by atoms with van der Waals surface area (Å²) in [6, 6.07) is 18.3. The Labute approximate surface area is 136 Å². The van der Waals surface area contributed by atoms with Crippen LogP contribution in [0.2, 0.25) is 0 Å². The Morgan fingerprint density at radius 2 is 1.87 bits per heavy atom. The summed E-state index contributed by atoms with van der Waals surface area (Å²) in [5, 5.41) is 11.9. The molecule has 4 heteroatoms. The van der Waals surface area contributed by atoms with Crippen molar-refractivity contribution in [2.75, 3.05) is 11.9 Å². The fourth-order valence-electron chi connectivity index (χ4n) is 1.92. The standard InChI is InChI=1S/C19H18N2O2/c1-2-12-23-18-10-8-15(9-11-18)13-16(14-20)19(22)21-17-6-4-3-5-7-17/h3-11,13H,2,12H2,1H3,(H,21,22)/b16-13+. The highest BCUT2D eigenvalue weighted by Gasteiger charge is 2.09. The van der Waals surface area contributed by atoms with Crippen LogP contribution in [0.5, 0.6) is 5.75 Å². The lowest BCUT2D eigenvalue weighted by Gasteiger charge is -2.05. The van der Waals surface area contributed by atoms with Crippen LogP contribution in [0.3, 0.4) is 0 Å². The Hall–Kier alpha value is -3.06.